The molecule has 3 aliphatic rings. The normalized spacial score (nSPS) is 23.3. The Kier molecular flexibility index (Phi) is 8.69. The summed E-state index contributed by atoms with van der Waals surface area (Å²) in [5.41, 5.74) is 4.78. The van der Waals surface area contributed by atoms with Crippen molar-refractivity contribution in [1.82, 2.24) is 0 Å². The lowest BCUT2D eigenvalue weighted by Crippen LogP contribution is -2.46. The Morgan fingerprint density at radius 1 is 1.04 bits per heavy atom. The molecule has 0 aromatic heterocycles. The van der Waals surface area contributed by atoms with E-state index in [2.05, 4.69) is 6.92 Å². The van der Waals surface area contributed by atoms with Crippen LogP contribution in [0, 0.1) is 27.9 Å². The molecule has 0 unspecified atom stereocenters. The molecule has 2 aliphatic heterocycles. The first kappa shape index (κ1) is 30.5. The number of hydrogen-bond donors (Lipinski definition) is 2. The number of phenols is 1. The van der Waals surface area contributed by atoms with Crippen molar-refractivity contribution in [2.24, 2.45) is 17.8 Å². The molecule has 2 saturated heterocycles. The molecule has 0 saturated carbocycles. The molecule has 3 aromatic rings. The number of hydrogen-bond acceptors (Lipinski definition) is 7. The zero-order chi connectivity index (χ0) is 31.7. The minimum absolute atomic E-state index is 0.180. The highest BCUT2D eigenvalue weighted by Gasteiger charge is 2.57. The summed E-state index contributed by atoms with van der Waals surface area (Å²) in [5, 5.41) is 32.9. The SMILES string of the molecule is CCCC1=C2[C@@H](CC/C(=C/c3ccccc3O)c3ccccc3)OB(O)C[C@@H]2[C@@H]2C(=O)N(c3cccc([N+](=O)[O-])c3)C(=O)[C@@H]2C1. The van der Waals surface area contributed by atoms with E-state index in [0.29, 0.717) is 24.8 Å². The molecular formula is C35H35BN2O7. The Morgan fingerprint density at radius 2 is 1.80 bits per heavy atom. The number of anilines is 1. The smallest absolute Gasteiger partial charge is 0.455 e. The third-order valence-corrected chi connectivity index (χ3v) is 9.25. The maximum absolute atomic E-state index is 14.0. The molecule has 10 heteroatoms. The van der Waals surface area contributed by atoms with Gasteiger partial charge in [-0.1, -0.05) is 73.5 Å². The fourth-order valence-electron chi connectivity index (χ4n) is 7.34. The number of aromatic hydroxyl groups is 1. The van der Waals surface area contributed by atoms with E-state index in [1.54, 1.807) is 18.2 Å². The number of carbonyl (C=O) groups is 2. The molecule has 230 valence electrons. The topological polar surface area (TPSA) is 130 Å². The number of para-hydroxylation sites is 1. The molecule has 0 bridgehead atoms. The van der Waals surface area contributed by atoms with E-state index >= 15 is 0 Å². The zero-order valence-corrected chi connectivity index (χ0v) is 25.0. The van der Waals surface area contributed by atoms with Gasteiger partial charge in [-0.25, -0.2) is 4.90 Å². The highest BCUT2D eigenvalue weighted by Crippen LogP contribution is 2.52. The third kappa shape index (κ3) is 5.95. The van der Waals surface area contributed by atoms with Gasteiger partial charge in [-0.3, -0.25) is 19.7 Å². The van der Waals surface area contributed by atoms with Crippen molar-refractivity contribution in [1.29, 1.82) is 0 Å². The molecule has 2 fully saturated rings. The van der Waals surface area contributed by atoms with Gasteiger partial charge in [-0.05, 0) is 72.8 Å². The van der Waals surface area contributed by atoms with E-state index in [1.165, 1.54) is 18.2 Å². The summed E-state index contributed by atoms with van der Waals surface area (Å²) in [5.74, 6) is -2.23. The maximum atomic E-state index is 14.0. The molecule has 2 amide bonds. The summed E-state index contributed by atoms with van der Waals surface area (Å²) in [7, 11) is -1.11. The van der Waals surface area contributed by atoms with E-state index in [0.717, 1.165) is 40.0 Å². The quantitative estimate of drug-likeness (QED) is 0.0718. The van der Waals surface area contributed by atoms with Crippen LogP contribution in [0.1, 0.15) is 50.2 Å². The van der Waals surface area contributed by atoms with Gasteiger partial charge in [0.05, 0.1) is 28.6 Å². The van der Waals surface area contributed by atoms with Crippen LogP contribution in [0.5, 0.6) is 5.75 Å². The Hall–Kier alpha value is -4.54. The van der Waals surface area contributed by atoms with E-state index in [9.17, 15) is 29.8 Å². The second-order valence-corrected chi connectivity index (χ2v) is 12.0. The monoisotopic (exact) mass is 606 g/mol. The van der Waals surface area contributed by atoms with Gasteiger partial charge >= 0.3 is 7.12 Å². The maximum Gasteiger partial charge on any atom is 0.455 e. The second kappa shape index (κ2) is 12.8. The van der Waals surface area contributed by atoms with Crippen LogP contribution in [-0.2, 0) is 14.2 Å². The largest absolute Gasteiger partial charge is 0.507 e. The van der Waals surface area contributed by atoms with Gasteiger partial charge < -0.3 is 14.8 Å². The fraction of sp³-hybridized carbons (Fsp3) is 0.314. The average Bonchev–Trinajstić information content (AvgIpc) is 3.29. The first-order valence-corrected chi connectivity index (χ1v) is 15.5. The van der Waals surface area contributed by atoms with Crippen molar-refractivity contribution in [3.8, 4) is 5.75 Å². The van der Waals surface area contributed by atoms with Crippen molar-refractivity contribution in [2.75, 3.05) is 4.90 Å². The predicted molar refractivity (Wildman–Crippen MR) is 172 cm³/mol. The summed E-state index contributed by atoms with van der Waals surface area (Å²) >= 11 is 0. The van der Waals surface area contributed by atoms with Gasteiger partial charge in [0.25, 0.3) is 5.69 Å². The number of non-ortho nitro benzene ring substituents is 1. The van der Waals surface area contributed by atoms with Crippen molar-refractivity contribution < 1.29 is 29.3 Å². The number of nitrogens with zero attached hydrogens (tertiary/aromatic N) is 2. The lowest BCUT2D eigenvalue weighted by molar-refractivity contribution is -0.384. The van der Waals surface area contributed by atoms with Crippen molar-refractivity contribution in [3.63, 3.8) is 0 Å². The summed E-state index contributed by atoms with van der Waals surface area (Å²) < 4.78 is 6.19. The van der Waals surface area contributed by atoms with Gasteiger partial charge in [0.1, 0.15) is 5.75 Å². The van der Waals surface area contributed by atoms with Gasteiger partial charge in [-0.2, -0.15) is 0 Å². The number of rotatable bonds is 9. The van der Waals surface area contributed by atoms with Crippen molar-refractivity contribution in [3.05, 3.63) is 111 Å². The van der Waals surface area contributed by atoms with E-state index in [-0.39, 0.29) is 41.2 Å². The highest BCUT2D eigenvalue weighted by atomic mass is 16.6. The molecule has 2 heterocycles. The minimum atomic E-state index is -1.11. The van der Waals surface area contributed by atoms with Gasteiger partial charge in [0.2, 0.25) is 11.8 Å². The number of allylic oxidation sites excluding steroid dienone is 2. The molecule has 45 heavy (non-hydrogen) atoms. The van der Waals surface area contributed by atoms with Crippen LogP contribution in [0.15, 0.2) is 90.0 Å². The van der Waals surface area contributed by atoms with Gasteiger partial charge in [0, 0.05) is 17.7 Å². The molecular weight excluding hydrogens is 571 g/mol. The van der Waals surface area contributed by atoms with E-state index < -0.39 is 30.0 Å². The number of benzene rings is 3. The zero-order valence-electron chi connectivity index (χ0n) is 25.0. The first-order valence-electron chi connectivity index (χ1n) is 15.5. The summed E-state index contributed by atoms with van der Waals surface area (Å²) in [6.07, 6.45) is 4.80. The fourth-order valence-corrected chi connectivity index (χ4v) is 7.34. The Bertz CT molecular complexity index is 1690. The summed E-state index contributed by atoms with van der Waals surface area (Å²) in [6, 6.07) is 22.7. The third-order valence-electron chi connectivity index (χ3n) is 9.25. The van der Waals surface area contributed by atoms with Crippen LogP contribution in [-0.4, -0.2) is 40.1 Å². The Balaban J connectivity index is 1.33. The Morgan fingerprint density at radius 3 is 2.53 bits per heavy atom. The standard InChI is InChI=1S/C35H35BN2O7/c1-2-9-25-19-28-33(35(41)37(34(28)40)26-13-8-14-27(20-26)38(43)44)29-21-36(42)45-31(32(25)29)17-16-23(22-10-4-3-5-11-22)18-24-12-6-7-15-30(24)39/h3-8,10-15,18,20,28-29,31,33,39,42H,2,9,16-17,19,21H2,1H3/b23-18-/t28-,29+,31-,33-/m1/s1. The van der Waals surface area contributed by atoms with Gasteiger partial charge in [-0.15, -0.1) is 0 Å². The second-order valence-electron chi connectivity index (χ2n) is 12.0. The van der Waals surface area contributed by atoms with Crippen LogP contribution < -0.4 is 4.90 Å². The molecule has 9 nitrogen and oxygen atoms in total. The average molecular weight is 606 g/mol. The molecule has 0 radical (unpaired) electrons. The summed E-state index contributed by atoms with van der Waals surface area (Å²) in [4.78, 5) is 39.8. The number of phenolic OH excluding ortho intramolecular Hbond substituents is 1. The number of fused-ring (bicyclic) bond motifs is 3. The number of imide groups is 1. The lowest BCUT2D eigenvalue weighted by Gasteiger charge is -2.43. The van der Waals surface area contributed by atoms with Crippen LogP contribution in [0.4, 0.5) is 11.4 Å². The van der Waals surface area contributed by atoms with Crippen LogP contribution in [0.3, 0.4) is 0 Å². The van der Waals surface area contributed by atoms with E-state index in [4.69, 9.17) is 4.65 Å². The molecule has 0 spiro atoms. The number of amides is 2. The van der Waals surface area contributed by atoms with Crippen LogP contribution >= 0.6 is 0 Å². The highest BCUT2D eigenvalue weighted by molar-refractivity contribution is 6.43. The van der Waals surface area contributed by atoms with Crippen LogP contribution in [0.25, 0.3) is 11.6 Å². The number of carbonyl (C=O) groups excluding carboxylic acids is 2. The van der Waals surface area contributed by atoms with Crippen molar-refractivity contribution >= 4 is 42.0 Å². The predicted octanol–water partition coefficient (Wildman–Crippen LogP) is 6.42. The van der Waals surface area contributed by atoms with Crippen LogP contribution in [0.2, 0.25) is 6.32 Å². The van der Waals surface area contributed by atoms with E-state index in [1.807, 2.05) is 48.5 Å². The number of nitro benzene ring substituents is 1. The van der Waals surface area contributed by atoms with Crippen molar-refractivity contribution in [2.45, 2.75) is 51.5 Å². The molecule has 1 aliphatic carbocycles. The lowest BCUT2D eigenvalue weighted by atomic mass is 9.58. The number of nitro groups is 1. The van der Waals surface area contributed by atoms with Gasteiger partial charge in [0.15, 0.2) is 0 Å². The minimum Gasteiger partial charge on any atom is -0.507 e. The molecule has 4 atom stereocenters. The molecule has 3 aromatic carbocycles. The molecule has 6 rings (SSSR count). The molecule has 2 N–H and O–H groups in total. The first-order chi connectivity index (χ1) is 21.8. The Labute approximate surface area is 262 Å². The summed E-state index contributed by atoms with van der Waals surface area (Å²) in [6.45, 7) is 2.07.